The third kappa shape index (κ3) is 2.11. The molecule has 2 rings (SSSR count). The van der Waals surface area contributed by atoms with Crippen molar-refractivity contribution in [3.63, 3.8) is 0 Å². The zero-order valence-corrected chi connectivity index (χ0v) is 9.94. The molecule has 0 aliphatic carbocycles. The normalized spacial score (nSPS) is 11.4. The minimum absolute atomic E-state index is 0.0554. The van der Waals surface area contributed by atoms with E-state index >= 15 is 0 Å². The second-order valence-corrected chi connectivity index (χ2v) is 4.89. The molecule has 0 saturated heterocycles. The Morgan fingerprint density at radius 1 is 0.938 bits per heavy atom. The fourth-order valence-corrected chi connectivity index (χ4v) is 1.77. The van der Waals surface area contributed by atoms with Crippen molar-refractivity contribution in [2.75, 3.05) is 0 Å². The molecule has 0 N–H and O–H groups in total. The van der Waals surface area contributed by atoms with Gasteiger partial charge in [-0.2, -0.15) is 0 Å². The maximum atomic E-state index is 4.51. The Morgan fingerprint density at radius 3 is 2.25 bits per heavy atom. The third-order valence-corrected chi connectivity index (χ3v) is 2.51. The summed E-state index contributed by atoms with van der Waals surface area (Å²) in [5.74, 6) is 0. The Bertz CT molecular complexity index is 470. The monoisotopic (exact) mass is 212 g/mol. The first-order chi connectivity index (χ1) is 7.59. The van der Waals surface area contributed by atoms with E-state index in [1.807, 2.05) is 36.8 Å². The van der Waals surface area contributed by atoms with Crippen LogP contribution in [0.5, 0.6) is 0 Å². The maximum Gasteiger partial charge on any atom is 0.0535 e. The van der Waals surface area contributed by atoms with Crippen molar-refractivity contribution in [2.45, 2.75) is 26.2 Å². The summed E-state index contributed by atoms with van der Waals surface area (Å²) in [5, 5.41) is 0. The van der Waals surface area contributed by atoms with E-state index in [0.717, 1.165) is 5.69 Å². The number of hydrogen-bond acceptors (Lipinski definition) is 2. The second kappa shape index (κ2) is 4.05. The van der Waals surface area contributed by atoms with Gasteiger partial charge < -0.3 is 0 Å². The molecule has 2 aromatic rings. The molecule has 0 atom stereocenters. The van der Waals surface area contributed by atoms with E-state index in [4.69, 9.17) is 0 Å². The molecule has 0 spiro atoms. The van der Waals surface area contributed by atoms with Crippen LogP contribution >= 0.6 is 0 Å². The molecule has 2 nitrogen and oxygen atoms in total. The SMILES string of the molecule is CC(C)(C)c1ncccc1-c1ccncc1. The fraction of sp³-hybridized carbons (Fsp3) is 0.286. The Kier molecular flexibility index (Phi) is 2.73. The van der Waals surface area contributed by atoms with E-state index in [0.29, 0.717) is 0 Å². The topological polar surface area (TPSA) is 25.8 Å². The van der Waals surface area contributed by atoms with Gasteiger partial charge in [-0.25, -0.2) is 0 Å². The lowest BCUT2D eigenvalue weighted by Gasteiger charge is -2.21. The summed E-state index contributed by atoms with van der Waals surface area (Å²) in [7, 11) is 0. The van der Waals surface area contributed by atoms with Crippen LogP contribution < -0.4 is 0 Å². The Labute approximate surface area is 96.4 Å². The van der Waals surface area contributed by atoms with E-state index in [9.17, 15) is 0 Å². The minimum Gasteiger partial charge on any atom is -0.265 e. The summed E-state index contributed by atoms with van der Waals surface area (Å²) in [5.41, 5.74) is 3.55. The first-order valence-corrected chi connectivity index (χ1v) is 5.45. The van der Waals surface area contributed by atoms with Crippen molar-refractivity contribution in [1.82, 2.24) is 9.97 Å². The number of nitrogens with zero attached hydrogens (tertiary/aromatic N) is 2. The smallest absolute Gasteiger partial charge is 0.0535 e. The summed E-state index contributed by atoms with van der Waals surface area (Å²) in [4.78, 5) is 8.55. The van der Waals surface area contributed by atoms with Gasteiger partial charge in [-0.3, -0.25) is 9.97 Å². The molecule has 0 radical (unpaired) electrons. The van der Waals surface area contributed by atoms with Crippen LogP contribution in [0.2, 0.25) is 0 Å². The molecule has 0 unspecified atom stereocenters. The number of pyridine rings is 2. The predicted octanol–water partition coefficient (Wildman–Crippen LogP) is 3.44. The van der Waals surface area contributed by atoms with Crippen molar-refractivity contribution >= 4 is 0 Å². The zero-order chi connectivity index (χ0) is 11.6. The van der Waals surface area contributed by atoms with Gasteiger partial charge in [0.2, 0.25) is 0 Å². The summed E-state index contributed by atoms with van der Waals surface area (Å²) in [6, 6.07) is 8.13. The fourth-order valence-electron chi connectivity index (χ4n) is 1.77. The highest BCUT2D eigenvalue weighted by atomic mass is 14.7. The largest absolute Gasteiger partial charge is 0.265 e. The lowest BCUT2D eigenvalue weighted by molar-refractivity contribution is 0.571. The Morgan fingerprint density at radius 2 is 1.62 bits per heavy atom. The van der Waals surface area contributed by atoms with Gasteiger partial charge in [0.15, 0.2) is 0 Å². The van der Waals surface area contributed by atoms with Crippen LogP contribution in [0, 0.1) is 0 Å². The van der Waals surface area contributed by atoms with Crippen molar-refractivity contribution in [3.05, 3.63) is 48.5 Å². The van der Waals surface area contributed by atoms with Crippen LogP contribution in [0.25, 0.3) is 11.1 Å². The molecule has 82 valence electrons. The van der Waals surface area contributed by atoms with Crippen LogP contribution in [0.3, 0.4) is 0 Å². The van der Waals surface area contributed by atoms with Crippen LogP contribution in [0.1, 0.15) is 26.5 Å². The molecule has 2 aromatic heterocycles. The summed E-state index contributed by atoms with van der Waals surface area (Å²) in [6.07, 6.45) is 5.48. The van der Waals surface area contributed by atoms with Gasteiger partial charge >= 0.3 is 0 Å². The van der Waals surface area contributed by atoms with Crippen LogP contribution in [-0.4, -0.2) is 9.97 Å². The van der Waals surface area contributed by atoms with Gasteiger partial charge in [-0.15, -0.1) is 0 Å². The van der Waals surface area contributed by atoms with Crippen molar-refractivity contribution in [1.29, 1.82) is 0 Å². The highest BCUT2D eigenvalue weighted by Crippen LogP contribution is 2.30. The van der Waals surface area contributed by atoms with Gasteiger partial charge in [-0.05, 0) is 23.8 Å². The van der Waals surface area contributed by atoms with Gasteiger partial charge in [0, 0.05) is 29.6 Å². The molecule has 0 fully saturated rings. The summed E-state index contributed by atoms with van der Waals surface area (Å²) in [6.45, 7) is 6.54. The third-order valence-electron chi connectivity index (χ3n) is 2.51. The van der Waals surface area contributed by atoms with Crippen LogP contribution in [-0.2, 0) is 5.41 Å². The van der Waals surface area contributed by atoms with Crippen LogP contribution in [0.4, 0.5) is 0 Å². The highest BCUT2D eigenvalue weighted by Gasteiger charge is 2.19. The molecule has 0 saturated carbocycles. The molecule has 0 bridgehead atoms. The quantitative estimate of drug-likeness (QED) is 0.723. The zero-order valence-electron chi connectivity index (χ0n) is 9.94. The van der Waals surface area contributed by atoms with Crippen molar-refractivity contribution in [3.8, 4) is 11.1 Å². The molecule has 0 aliphatic rings. The molecule has 2 heteroatoms. The minimum atomic E-state index is 0.0554. The molecular formula is C14H16N2. The van der Waals surface area contributed by atoms with Gasteiger partial charge in [0.05, 0.1) is 5.69 Å². The van der Waals surface area contributed by atoms with E-state index in [-0.39, 0.29) is 5.41 Å². The lowest BCUT2D eigenvalue weighted by Crippen LogP contribution is -2.14. The molecule has 2 heterocycles. The van der Waals surface area contributed by atoms with E-state index in [2.05, 4.69) is 36.8 Å². The number of hydrogen-bond donors (Lipinski definition) is 0. The van der Waals surface area contributed by atoms with E-state index in [1.165, 1.54) is 11.1 Å². The summed E-state index contributed by atoms with van der Waals surface area (Å²) < 4.78 is 0. The Balaban J connectivity index is 2.58. The number of rotatable bonds is 1. The first kappa shape index (κ1) is 10.8. The van der Waals surface area contributed by atoms with Crippen molar-refractivity contribution in [2.24, 2.45) is 0 Å². The van der Waals surface area contributed by atoms with Crippen molar-refractivity contribution < 1.29 is 0 Å². The standard InChI is InChI=1S/C14H16N2/c1-14(2,3)13-12(5-4-8-16-13)11-6-9-15-10-7-11/h4-10H,1-3H3. The molecule has 0 aromatic carbocycles. The maximum absolute atomic E-state index is 4.51. The van der Waals surface area contributed by atoms with Gasteiger partial charge in [0.1, 0.15) is 0 Å². The molecule has 0 aliphatic heterocycles. The lowest BCUT2D eigenvalue weighted by atomic mass is 9.86. The van der Waals surface area contributed by atoms with E-state index < -0.39 is 0 Å². The second-order valence-electron chi connectivity index (χ2n) is 4.89. The molecule has 0 amide bonds. The number of aromatic nitrogens is 2. The highest BCUT2D eigenvalue weighted by molar-refractivity contribution is 5.66. The average Bonchev–Trinajstić information content (AvgIpc) is 2.29. The summed E-state index contributed by atoms with van der Waals surface area (Å²) >= 11 is 0. The van der Waals surface area contributed by atoms with Gasteiger partial charge in [0.25, 0.3) is 0 Å². The molecule has 16 heavy (non-hydrogen) atoms. The van der Waals surface area contributed by atoms with Crippen LogP contribution in [0.15, 0.2) is 42.9 Å². The van der Waals surface area contributed by atoms with Gasteiger partial charge in [-0.1, -0.05) is 26.8 Å². The molecular weight excluding hydrogens is 196 g/mol. The average molecular weight is 212 g/mol. The predicted molar refractivity (Wildman–Crippen MR) is 66.2 cm³/mol. The Hall–Kier alpha value is -1.70. The first-order valence-electron chi connectivity index (χ1n) is 5.45. The van der Waals surface area contributed by atoms with E-state index in [1.54, 1.807) is 0 Å².